The molecule has 2 rings (SSSR count). The van der Waals surface area contributed by atoms with Gasteiger partial charge in [-0.05, 0) is 7.05 Å². The van der Waals surface area contributed by atoms with Gasteiger partial charge in [0.15, 0.2) is 0 Å². The number of quaternary nitrogens is 1. The molecule has 2 atom stereocenters. The van der Waals surface area contributed by atoms with E-state index in [2.05, 4.69) is 26.0 Å². The van der Waals surface area contributed by atoms with E-state index in [0.717, 1.165) is 12.1 Å². The number of nitrogens with zero attached hydrogens (tertiary/aromatic N) is 2. The molecule has 2 nitrogen and oxygen atoms in total. The average Bonchev–Trinajstić information content (AvgIpc) is 2.19. The summed E-state index contributed by atoms with van der Waals surface area (Å²) < 4.78 is 1.28. The molecule has 0 aromatic heterocycles. The van der Waals surface area contributed by atoms with E-state index in [4.69, 9.17) is 0 Å². The van der Waals surface area contributed by atoms with Gasteiger partial charge in [0.25, 0.3) is 0 Å². The minimum atomic E-state index is 0.916. The van der Waals surface area contributed by atoms with Crippen LogP contribution in [0.2, 0.25) is 0 Å². The lowest BCUT2D eigenvalue weighted by Crippen LogP contribution is -2.61. The second-order valence-electron chi connectivity index (χ2n) is 4.74. The lowest BCUT2D eigenvalue weighted by Gasteiger charge is -2.44. The van der Waals surface area contributed by atoms with Gasteiger partial charge in [-0.25, -0.2) is 0 Å². The van der Waals surface area contributed by atoms with Crippen LogP contribution in [0.5, 0.6) is 0 Å². The van der Waals surface area contributed by atoms with Gasteiger partial charge >= 0.3 is 0 Å². The molecule has 0 saturated carbocycles. The largest absolute Gasteiger partial charge is 0.321 e. The third kappa shape index (κ3) is 1.00. The molecule has 0 radical (unpaired) electrons. The number of hydrogen-bond donors (Lipinski definition) is 0. The molecule has 2 bridgehead atoms. The number of hydrogen-bond acceptors (Lipinski definition) is 1. The second kappa shape index (κ2) is 2.20. The van der Waals surface area contributed by atoms with Crippen molar-refractivity contribution in [3.8, 4) is 0 Å². The van der Waals surface area contributed by atoms with Crippen molar-refractivity contribution in [2.45, 2.75) is 24.9 Å². The van der Waals surface area contributed by atoms with Crippen LogP contribution in [0.1, 0.15) is 12.8 Å². The molecular weight excluding hydrogens is 136 g/mol. The highest BCUT2D eigenvalue weighted by molar-refractivity contribution is 4.83. The lowest BCUT2D eigenvalue weighted by molar-refractivity contribution is -0.929. The van der Waals surface area contributed by atoms with Gasteiger partial charge in [0.1, 0.15) is 12.1 Å². The summed E-state index contributed by atoms with van der Waals surface area (Å²) in [5.74, 6) is 0. The number of likely N-dealkylation sites (tertiary alicyclic amines) is 1. The first-order valence-electron chi connectivity index (χ1n) is 4.62. The minimum Gasteiger partial charge on any atom is -0.321 e. The van der Waals surface area contributed by atoms with Gasteiger partial charge in [-0.1, -0.05) is 0 Å². The molecule has 0 aromatic carbocycles. The summed E-state index contributed by atoms with van der Waals surface area (Å²) in [7, 11) is 7.05. The van der Waals surface area contributed by atoms with Gasteiger partial charge in [-0.2, -0.15) is 0 Å². The van der Waals surface area contributed by atoms with Gasteiger partial charge in [0.2, 0.25) is 0 Å². The zero-order valence-electron chi connectivity index (χ0n) is 7.88. The van der Waals surface area contributed by atoms with E-state index in [1.54, 1.807) is 0 Å². The van der Waals surface area contributed by atoms with Gasteiger partial charge in [-0.15, -0.1) is 0 Å². The zero-order valence-corrected chi connectivity index (χ0v) is 7.88. The first-order chi connectivity index (χ1) is 5.10. The fourth-order valence-corrected chi connectivity index (χ4v) is 2.75. The highest BCUT2D eigenvalue weighted by atomic mass is 15.4. The van der Waals surface area contributed by atoms with Gasteiger partial charge < -0.3 is 4.48 Å². The molecule has 2 saturated heterocycles. The van der Waals surface area contributed by atoms with E-state index in [0.29, 0.717) is 0 Å². The van der Waals surface area contributed by atoms with Gasteiger partial charge in [0.05, 0.1) is 27.2 Å². The molecule has 2 fully saturated rings. The summed E-state index contributed by atoms with van der Waals surface area (Å²) in [5, 5.41) is 0. The van der Waals surface area contributed by atoms with Gasteiger partial charge in [0, 0.05) is 12.8 Å². The van der Waals surface area contributed by atoms with Crippen LogP contribution in [-0.4, -0.2) is 55.7 Å². The molecule has 0 aromatic rings. The van der Waals surface area contributed by atoms with Crippen molar-refractivity contribution in [1.82, 2.24) is 4.90 Å². The quantitative estimate of drug-likeness (QED) is 0.461. The average molecular weight is 155 g/mol. The van der Waals surface area contributed by atoms with Crippen molar-refractivity contribution in [3.05, 3.63) is 0 Å². The number of fused-ring (bicyclic) bond motifs is 2. The van der Waals surface area contributed by atoms with E-state index in [9.17, 15) is 0 Å². The maximum atomic E-state index is 2.49. The van der Waals surface area contributed by atoms with E-state index in [1.165, 1.54) is 30.4 Å². The molecule has 2 heteroatoms. The minimum absolute atomic E-state index is 0.916. The predicted octanol–water partition coefficient (Wildman–Crippen LogP) is 0.539. The monoisotopic (exact) mass is 155 g/mol. The third-order valence-electron chi connectivity index (χ3n) is 3.76. The Balaban J connectivity index is 2.19. The molecule has 0 N–H and O–H groups in total. The number of piperazine rings is 1. The molecule has 2 aliphatic heterocycles. The van der Waals surface area contributed by atoms with Crippen molar-refractivity contribution in [1.29, 1.82) is 0 Å². The normalized spacial score (nSPS) is 42.8. The van der Waals surface area contributed by atoms with Gasteiger partial charge in [-0.3, -0.25) is 4.90 Å². The van der Waals surface area contributed by atoms with E-state index in [1.807, 2.05) is 0 Å². The number of likely N-dealkylation sites (N-methyl/N-ethyl adjacent to an activating group) is 2. The first-order valence-corrected chi connectivity index (χ1v) is 4.62. The third-order valence-corrected chi connectivity index (χ3v) is 3.76. The van der Waals surface area contributed by atoms with Crippen LogP contribution in [0, 0.1) is 0 Å². The Morgan fingerprint density at radius 2 is 1.55 bits per heavy atom. The molecule has 1 unspecified atom stereocenters. The van der Waals surface area contributed by atoms with Crippen LogP contribution >= 0.6 is 0 Å². The van der Waals surface area contributed by atoms with E-state index < -0.39 is 0 Å². The van der Waals surface area contributed by atoms with Crippen molar-refractivity contribution in [2.75, 3.05) is 34.2 Å². The molecule has 0 amide bonds. The maximum absolute atomic E-state index is 2.49. The topological polar surface area (TPSA) is 3.24 Å². The molecule has 2 heterocycles. The summed E-state index contributed by atoms with van der Waals surface area (Å²) in [6, 6.07) is 1.83. The molecular formula is C9H19N2+. The number of rotatable bonds is 0. The van der Waals surface area contributed by atoms with Crippen LogP contribution in [-0.2, 0) is 0 Å². The van der Waals surface area contributed by atoms with Crippen LogP contribution in [0.25, 0.3) is 0 Å². The molecule has 2 aliphatic rings. The Bertz CT molecular complexity index is 149. The molecule has 0 aliphatic carbocycles. The zero-order chi connectivity index (χ0) is 8.06. The van der Waals surface area contributed by atoms with Crippen LogP contribution in [0.15, 0.2) is 0 Å². The summed E-state index contributed by atoms with van der Waals surface area (Å²) in [6.07, 6.45) is 2.89. The Morgan fingerprint density at radius 3 is 2.00 bits per heavy atom. The summed E-state index contributed by atoms with van der Waals surface area (Å²) >= 11 is 0. The van der Waals surface area contributed by atoms with Crippen LogP contribution in [0.4, 0.5) is 0 Å². The SMILES string of the molecule is CN1CC2CC[C@H](C1)[N+]2(C)C. The Hall–Kier alpha value is -0.0800. The van der Waals surface area contributed by atoms with E-state index >= 15 is 0 Å². The first kappa shape index (κ1) is 7.56. The Labute approximate surface area is 69.4 Å². The van der Waals surface area contributed by atoms with Crippen molar-refractivity contribution in [2.24, 2.45) is 0 Å². The smallest absolute Gasteiger partial charge is 0.102 e. The highest BCUT2D eigenvalue weighted by Gasteiger charge is 2.47. The van der Waals surface area contributed by atoms with Crippen LogP contribution < -0.4 is 0 Å². The lowest BCUT2D eigenvalue weighted by atomic mass is 10.2. The second-order valence-corrected chi connectivity index (χ2v) is 4.74. The van der Waals surface area contributed by atoms with Crippen molar-refractivity contribution < 1.29 is 4.48 Å². The molecule has 0 spiro atoms. The van der Waals surface area contributed by atoms with Crippen LogP contribution in [0.3, 0.4) is 0 Å². The van der Waals surface area contributed by atoms with Crippen molar-refractivity contribution in [3.63, 3.8) is 0 Å². The molecule has 11 heavy (non-hydrogen) atoms. The fourth-order valence-electron chi connectivity index (χ4n) is 2.75. The summed E-state index contributed by atoms with van der Waals surface area (Å²) in [5.41, 5.74) is 0. The Kier molecular flexibility index (Phi) is 1.52. The standard InChI is InChI=1S/C9H19N2/c1-10-6-8-4-5-9(7-10)11(8,2)3/h8-9H,4-7H2,1-3H3/q+1/t8-,9?/m1/s1. The fraction of sp³-hybridized carbons (Fsp3) is 1.00. The summed E-state index contributed by atoms with van der Waals surface area (Å²) in [4.78, 5) is 2.49. The predicted molar refractivity (Wildman–Crippen MR) is 46.4 cm³/mol. The summed E-state index contributed by atoms with van der Waals surface area (Å²) in [6.45, 7) is 2.62. The highest BCUT2D eigenvalue weighted by Crippen LogP contribution is 2.33. The molecule has 64 valence electrons. The van der Waals surface area contributed by atoms with Crippen molar-refractivity contribution >= 4 is 0 Å². The Morgan fingerprint density at radius 1 is 1.09 bits per heavy atom. The van der Waals surface area contributed by atoms with E-state index in [-0.39, 0.29) is 0 Å². The maximum Gasteiger partial charge on any atom is 0.102 e.